The van der Waals surface area contributed by atoms with E-state index in [1.165, 1.54) is 5.56 Å². The van der Waals surface area contributed by atoms with Crippen molar-refractivity contribution < 1.29 is 9.90 Å². The summed E-state index contributed by atoms with van der Waals surface area (Å²) < 4.78 is 0. The molecule has 4 nitrogen and oxygen atoms in total. The summed E-state index contributed by atoms with van der Waals surface area (Å²) in [4.78, 5) is 16.0. The largest absolute Gasteiger partial charge is 0.481 e. The normalized spacial score (nSPS) is 11.6. The van der Waals surface area contributed by atoms with Gasteiger partial charge in [-0.3, -0.25) is 9.78 Å². The van der Waals surface area contributed by atoms with Crippen LogP contribution in [0.2, 0.25) is 0 Å². The number of carbonyl (C=O) groups is 1. The van der Waals surface area contributed by atoms with Crippen LogP contribution in [0.4, 0.5) is 0 Å². The van der Waals surface area contributed by atoms with Gasteiger partial charge in [0.1, 0.15) is 0 Å². The van der Waals surface area contributed by atoms with Crippen molar-refractivity contribution in [3.63, 3.8) is 0 Å². The average molecular weight is 354 g/mol. The molecule has 0 aliphatic rings. The van der Waals surface area contributed by atoms with Gasteiger partial charge in [-0.25, -0.2) is 0 Å². The summed E-state index contributed by atoms with van der Waals surface area (Å²) in [6.07, 6.45) is 1.38. The number of pyridine rings is 1. The van der Waals surface area contributed by atoms with Gasteiger partial charge in [-0.1, -0.05) is 50.6 Å². The van der Waals surface area contributed by atoms with Crippen LogP contribution in [0, 0.1) is 19.3 Å². The number of rotatable bonds is 6. The number of nitrogens with zero attached hydrogens (tertiary/aromatic N) is 1. The second-order valence-corrected chi connectivity index (χ2v) is 8.18. The zero-order valence-corrected chi connectivity index (χ0v) is 16.5. The van der Waals surface area contributed by atoms with Crippen molar-refractivity contribution in [2.75, 3.05) is 0 Å². The molecule has 0 unspecified atom stereocenters. The Labute approximate surface area is 156 Å². The van der Waals surface area contributed by atoms with Gasteiger partial charge in [0.05, 0.1) is 0 Å². The van der Waals surface area contributed by atoms with Crippen molar-refractivity contribution >= 4 is 5.97 Å². The topological polar surface area (TPSA) is 76.2 Å². The Morgan fingerprint density at radius 1 is 1.12 bits per heavy atom. The van der Waals surface area contributed by atoms with E-state index in [4.69, 9.17) is 15.8 Å². The molecule has 140 valence electrons. The predicted molar refractivity (Wildman–Crippen MR) is 106 cm³/mol. The van der Waals surface area contributed by atoms with Gasteiger partial charge in [0.15, 0.2) is 0 Å². The minimum Gasteiger partial charge on any atom is -0.481 e. The molecule has 4 heteroatoms. The summed E-state index contributed by atoms with van der Waals surface area (Å²) in [7, 11) is 0. The van der Waals surface area contributed by atoms with Crippen LogP contribution in [0.15, 0.2) is 24.3 Å². The number of hydrogen-bond donors (Lipinski definition) is 2. The molecule has 2 aromatic rings. The number of benzene rings is 1. The molecule has 1 aromatic carbocycles. The summed E-state index contributed by atoms with van der Waals surface area (Å²) in [6.45, 7) is 11.0. The smallest absolute Gasteiger partial charge is 0.303 e. The molecule has 0 spiro atoms. The minimum atomic E-state index is -0.799. The van der Waals surface area contributed by atoms with E-state index in [0.717, 1.165) is 40.1 Å². The Balaban J connectivity index is 2.71. The molecule has 0 saturated carbocycles. The van der Waals surface area contributed by atoms with E-state index < -0.39 is 5.97 Å². The fourth-order valence-electron chi connectivity index (χ4n) is 3.32. The van der Waals surface area contributed by atoms with Crippen molar-refractivity contribution in [2.24, 2.45) is 11.1 Å². The Kier molecular flexibility index (Phi) is 6.19. The number of nitrogens with two attached hydrogens (primary N) is 1. The number of carboxylic acid groups (broad SMARTS) is 1. The quantitative estimate of drug-likeness (QED) is 0.804. The lowest BCUT2D eigenvalue weighted by atomic mass is 9.84. The molecular formula is C22H30N2O2. The molecule has 0 aliphatic heterocycles. The molecule has 3 N–H and O–H groups in total. The van der Waals surface area contributed by atoms with Gasteiger partial charge < -0.3 is 10.8 Å². The lowest BCUT2D eigenvalue weighted by molar-refractivity contribution is -0.136. The highest BCUT2D eigenvalue weighted by Crippen LogP contribution is 2.34. The summed E-state index contributed by atoms with van der Waals surface area (Å²) in [6, 6.07) is 8.34. The molecule has 0 aliphatic carbocycles. The third kappa shape index (κ3) is 4.92. The van der Waals surface area contributed by atoms with Gasteiger partial charge in [-0.2, -0.15) is 0 Å². The fraction of sp³-hybridized carbons (Fsp3) is 0.455. The van der Waals surface area contributed by atoms with E-state index >= 15 is 0 Å². The van der Waals surface area contributed by atoms with Crippen LogP contribution in [0.1, 0.15) is 55.3 Å². The van der Waals surface area contributed by atoms with Gasteiger partial charge in [-0.15, -0.1) is 0 Å². The first-order valence-electron chi connectivity index (χ1n) is 9.12. The fourth-order valence-corrected chi connectivity index (χ4v) is 3.32. The van der Waals surface area contributed by atoms with E-state index in [1.807, 2.05) is 6.92 Å². The first-order valence-corrected chi connectivity index (χ1v) is 9.12. The van der Waals surface area contributed by atoms with E-state index in [0.29, 0.717) is 13.0 Å². The second-order valence-electron chi connectivity index (χ2n) is 8.18. The van der Waals surface area contributed by atoms with Crippen LogP contribution < -0.4 is 5.73 Å². The maximum absolute atomic E-state index is 11.1. The number of aromatic nitrogens is 1. The lowest BCUT2D eigenvalue weighted by Crippen LogP contribution is -2.17. The monoisotopic (exact) mass is 354 g/mol. The first kappa shape index (κ1) is 20.1. The van der Waals surface area contributed by atoms with Crippen LogP contribution in [-0.4, -0.2) is 16.1 Å². The predicted octanol–water partition coefficient (Wildman–Crippen LogP) is 4.43. The van der Waals surface area contributed by atoms with Crippen molar-refractivity contribution in [2.45, 2.75) is 60.4 Å². The van der Waals surface area contributed by atoms with Gasteiger partial charge in [0, 0.05) is 24.4 Å². The van der Waals surface area contributed by atoms with Crippen molar-refractivity contribution in [3.05, 3.63) is 52.3 Å². The van der Waals surface area contributed by atoms with Crippen LogP contribution in [0.3, 0.4) is 0 Å². The molecule has 0 atom stereocenters. The van der Waals surface area contributed by atoms with Crippen molar-refractivity contribution in [1.29, 1.82) is 0 Å². The summed E-state index contributed by atoms with van der Waals surface area (Å²) in [5.41, 5.74) is 13.5. The Bertz CT molecular complexity index is 787. The Morgan fingerprint density at radius 2 is 1.73 bits per heavy atom. The van der Waals surface area contributed by atoms with Crippen molar-refractivity contribution in [1.82, 2.24) is 4.98 Å². The third-order valence-corrected chi connectivity index (χ3v) is 4.52. The van der Waals surface area contributed by atoms with E-state index in [1.54, 1.807) is 0 Å². The van der Waals surface area contributed by atoms with Gasteiger partial charge in [0.25, 0.3) is 0 Å². The van der Waals surface area contributed by atoms with Gasteiger partial charge >= 0.3 is 5.97 Å². The molecule has 26 heavy (non-hydrogen) atoms. The van der Waals surface area contributed by atoms with E-state index in [-0.39, 0.29) is 11.8 Å². The summed E-state index contributed by atoms with van der Waals surface area (Å²) in [5, 5.41) is 9.15. The lowest BCUT2D eigenvalue weighted by Gasteiger charge is -2.24. The molecule has 0 amide bonds. The van der Waals surface area contributed by atoms with Crippen LogP contribution >= 0.6 is 0 Å². The van der Waals surface area contributed by atoms with Crippen LogP contribution in [-0.2, 0) is 24.2 Å². The summed E-state index contributed by atoms with van der Waals surface area (Å²) in [5.74, 6) is -0.799. The highest BCUT2D eigenvalue weighted by Gasteiger charge is 2.22. The summed E-state index contributed by atoms with van der Waals surface area (Å²) >= 11 is 0. The first-order chi connectivity index (χ1) is 12.1. The third-order valence-electron chi connectivity index (χ3n) is 4.52. The van der Waals surface area contributed by atoms with E-state index in [2.05, 4.69) is 52.0 Å². The SMILES string of the molecule is Cc1ccc(-c2c(CCC(=O)O)c(C)nc(CC(C)(C)C)c2CN)cc1. The van der Waals surface area contributed by atoms with Crippen LogP contribution in [0.25, 0.3) is 11.1 Å². The highest BCUT2D eigenvalue weighted by molar-refractivity contribution is 5.74. The number of aryl methyl sites for hydroxylation is 2. The van der Waals surface area contributed by atoms with Crippen molar-refractivity contribution in [3.8, 4) is 11.1 Å². The molecule has 1 heterocycles. The second kappa shape index (κ2) is 8.00. The average Bonchev–Trinajstić information content (AvgIpc) is 2.52. The maximum Gasteiger partial charge on any atom is 0.303 e. The zero-order chi connectivity index (χ0) is 19.5. The Morgan fingerprint density at radius 3 is 2.23 bits per heavy atom. The standard InChI is InChI=1S/C22H30N2O2/c1-14-6-8-16(9-7-14)21-17(10-11-20(25)26)15(2)24-19(18(21)13-23)12-22(3,4)5/h6-9H,10-13,23H2,1-5H3,(H,25,26). The molecule has 0 bridgehead atoms. The molecular weight excluding hydrogens is 324 g/mol. The molecule has 2 rings (SSSR count). The number of hydrogen-bond acceptors (Lipinski definition) is 3. The number of carboxylic acids is 1. The molecule has 0 radical (unpaired) electrons. The molecule has 0 saturated heterocycles. The van der Waals surface area contributed by atoms with E-state index in [9.17, 15) is 4.79 Å². The van der Waals surface area contributed by atoms with Gasteiger partial charge in [0.2, 0.25) is 0 Å². The minimum absolute atomic E-state index is 0.0873. The van der Waals surface area contributed by atoms with Gasteiger partial charge in [-0.05, 0) is 54.4 Å². The molecule has 0 fully saturated rings. The zero-order valence-electron chi connectivity index (χ0n) is 16.5. The molecule has 1 aromatic heterocycles. The highest BCUT2D eigenvalue weighted by atomic mass is 16.4. The van der Waals surface area contributed by atoms with Crippen LogP contribution in [0.5, 0.6) is 0 Å². The Hall–Kier alpha value is -2.20. The maximum atomic E-state index is 11.1. The number of aliphatic carboxylic acids is 1.